The number of hydrogen-bond acceptors (Lipinski definition) is 4. The summed E-state index contributed by atoms with van der Waals surface area (Å²) in [6.07, 6.45) is 3.78. The topological polar surface area (TPSA) is 81.4 Å². The van der Waals surface area contributed by atoms with Crippen LogP contribution in [0.5, 0.6) is 0 Å². The van der Waals surface area contributed by atoms with Gasteiger partial charge >= 0.3 is 5.97 Å². The lowest BCUT2D eigenvalue weighted by molar-refractivity contribution is -0.124. The number of benzene rings is 1. The van der Waals surface area contributed by atoms with E-state index in [1.807, 2.05) is 0 Å². The highest BCUT2D eigenvalue weighted by atomic mass is 16.5. The number of nitrogens with one attached hydrogen (secondary N) is 1. The van der Waals surface area contributed by atoms with Crippen molar-refractivity contribution in [3.05, 3.63) is 29.8 Å². The van der Waals surface area contributed by atoms with E-state index in [0.717, 1.165) is 25.7 Å². The van der Waals surface area contributed by atoms with Crippen LogP contribution in [0.4, 0.5) is 5.69 Å². The fourth-order valence-electron chi connectivity index (χ4n) is 2.65. The van der Waals surface area contributed by atoms with Crippen molar-refractivity contribution in [2.75, 3.05) is 19.0 Å². The molecule has 5 nitrogen and oxygen atoms in total. The zero-order chi connectivity index (χ0) is 14.6. The SMILES string of the molecule is COC(=O)c1ccc(NC(=O)C2(CN)CCCC2)cc1. The third-order valence-corrected chi connectivity index (χ3v) is 4.00. The van der Waals surface area contributed by atoms with Crippen LogP contribution in [0.25, 0.3) is 0 Å². The molecule has 0 unspecified atom stereocenters. The van der Waals surface area contributed by atoms with E-state index in [1.165, 1.54) is 7.11 Å². The van der Waals surface area contributed by atoms with Crippen molar-refractivity contribution in [2.45, 2.75) is 25.7 Å². The Morgan fingerprint density at radius 3 is 2.35 bits per heavy atom. The Hall–Kier alpha value is -1.88. The number of ether oxygens (including phenoxy) is 1. The molecule has 1 aliphatic rings. The molecule has 0 saturated heterocycles. The van der Waals surface area contributed by atoms with Gasteiger partial charge in [0.25, 0.3) is 0 Å². The average molecular weight is 276 g/mol. The standard InChI is InChI=1S/C15H20N2O3/c1-20-13(18)11-4-6-12(7-5-11)17-14(19)15(10-16)8-2-3-9-15/h4-7H,2-3,8-10,16H2,1H3,(H,17,19). The van der Waals surface area contributed by atoms with Gasteiger partial charge in [0.2, 0.25) is 5.91 Å². The number of esters is 1. The van der Waals surface area contributed by atoms with Crippen molar-refractivity contribution < 1.29 is 14.3 Å². The third kappa shape index (κ3) is 2.82. The van der Waals surface area contributed by atoms with Crippen LogP contribution in [0.2, 0.25) is 0 Å². The highest BCUT2D eigenvalue weighted by Crippen LogP contribution is 2.38. The predicted molar refractivity (Wildman–Crippen MR) is 76.4 cm³/mol. The maximum absolute atomic E-state index is 12.4. The number of hydrogen-bond donors (Lipinski definition) is 2. The molecule has 2 rings (SSSR count). The maximum Gasteiger partial charge on any atom is 0.337 e. The molecule has 0 aromatic heterocycles. The van der Waals surface area contributed by atoms with E-state index in [9.17, 15) is 9.59 Å². The first-order chi connectivity index (χ1) is 9.61. The highest BCUT2D eigenvalue weighted by molar-refractivity contribution is 5.96. The molecule has 1 fully saturated rings. The van der Waals surface area contributed by atoms with Gasteiger partial charge in [-0.25, -0.2) is 4.79 Å². The number of rotatable bonds is 4. The van der Waals surface area contributed by atoms with Crippen molar-refractivity contribution in [1.82, 2.24) is 0 Å². The van der Waals surface area contributed by atoms with Crippen molar-refractivity contribution in [1.29, 1.82) is 0 Å². The van der Waals surface area contributed by atoms with Crippen LogP contribution in [0.3, 0.4) is 0 Å². The van der Waals surface area contributed by atoms with E-state index in [4.69, 9.17) is 5.73 Å². The van der Waals surface area contributed by atoms with Gasteiger partial charge < -0.3 is 15.8 Å². The molecule has 1 aromatic rings. The van der Waals surface area contributed by atoms with Crippen LogP contribution < -0.4 is 11.1 Å². The Kier molecular flexibility index (Phi) is 4.39. The number of methoxy groups -OCH3 is 1. The summed E-state index contributed by atoms with van der Waals surface area (Å²) in [6.45, 7) is 0.374. The van der Waals surface area contributed by atoms with E-state index in [0.29, 0.717) is 17.8 Å². The van der Waals surface area contributed by atoms with E-state index >= 15 is 0 Å². The fraction of sp³-hybridized carbons (Fsp3) is 0.467. The summed E-state index contributed by atoms with van der Waals surface area (Å²) in [6, 6.07) is 6.66. The summed E-state index contributed by atoms with van der Waals surface area (Å²) < 4.78 is 4.63. The van der Waals surface area contributed by atoms with Gasteiger partial charge in [0.05, 0.1) is 18.1 Å². The second kappa shape index (κ2) is 6.05. The van der Waals surface area contributed by atoms with Gasteiger partial charge in [0.15, 0.2) is 0 Å². The molecule has 3 N–H and O–H groups in total. The molecule has 108 valence electrons. The zero-order valence-corrected chi connectivity index (χ0v) is 11.6. The Morgan fingerprint density at radius 2 is 1.85 bits per heavy atom. The summed E-state index contributed by atoms with van der Waals surface area (Å²) in [7, 11) is 1.34. The maximum atomic E-state index is 12.4. The molecule has 5 heteroatoms. The average Bonchev–Trinajstić information content (AvgIpc) is 2.97. The highest BCUT2D eigenvalue weighted by Gasteiger charge is 2.39. The van der Waals surface area contributed by atoms with Crippen molar-refractivity contribution in [3.8, 4) is 0 Å². The smallest absolute Gasteiger partial charge is 0.337 e. The van der Waals surface area contributed by atoms with Crippen LogP contribution in [0, 0.1) is 5.41 Å². The van der Waals surface area contributed by atoms with Crippen LogP contribution in [-0.4, -0.2) is 25.5 Å². The lowest BCUT2D eigenvalue weighted by Gasteiger charge is -2.25. The summed E-state index contributed by atoms with van der Waals surface area (Å²) in [5.41, 5.74) is 6.48. The Labute approximate surface area is 118 Å². The molecule has 0 aliphatic heterocycles. The first kappa shape index (κ1) is 14.5. The predicted octanol–water partition coefficient (Wildman–Crippen LogP) is 1.93. The van der Waals surface area contributed by atoms with Gasteiger partial charge in [0, 0.05) is 12.2 Å². The van der Waals surface area contributed by atoms with Gasteiger partial charge in [-0.3, -0.25) is 4.79 Å². The summed E-state index contributed by atoms with van der Waals surface area (Å²) in [5, 5.41) is 2.89. The minimum Gasteiger partial charge on any atom is -0.465 e. The van der Waals surface area contributed by atoms with Gasteiger partial charge in [0.1, 0.15) is 0 Å². The van der Waals surface area contributed by atoms with E-state index in [2.05, 4.69) is 10.1 Å². The molecule has 0 heterocycles. The monoisotopic (exact) mass is 276 g/mol. The van der Waals surface area contributed by atoms with Gasteiger partial charge in [-0.15, -0.1) is 0 Å². The van der Waals surface area contributed by atoms with Crippen molar-refractivity contribution in [3.63, 3.8) is 0 Å². The molecule has 20 heavy (non-hydrogen) atoms. The largest absolute Gasteiger partial charge is 0.465 e. The first-order valence-corrected chi connectivity index (χ1v) is 6.81. The van der Waals surface area contributed by atoms with Crippen LogP contribution >= 0.6 is 0 Å². The summed E-state index contributed by atoms with van der Waals surface area (Å²) in [4.78, 5) is 23.7. The summed E-state index contributed by atoms with van der Waals surface area (Å²) >= 11 is 0. The van der Waals surface area contributed by atoms with Gasteiger partial charge in [-0.2, -0.15) is 0 Å². The molecule has 0 atom stereocenters. The van der Waals surface area contributed by atoms with Crippen molar-refractivity contribution in [2.24, 2.45) is 11.1 Å². The number of amides is 1. The van der Waals surface area contributed by atoms with E-state index in [-0.39, 0.29) is 5.91 Å². The molecular weight excluding hydrogens is 256 g/mol. The molecule has 0 spiro atoms. The third-order valence-electron chi connectivity index (χ3n) is 4.00. The normalized spacial score (nSPS) is 16.7. The molecule has 1 amide bonds. The zero-order valence-electron chi connectivity index (χ0n) is 11.6. The Balaban J connectivity index is 2.06. The minimum atomic E-state index is -0.430. The number of carbonyl (C=O) groups excluding carboxylic acids is 2. The number of carbonyl (C=O) groups is 2. The molecule has 1 aromatic carbocycles. The van der Waals surface area contributed by atoms with Crippen LogP contribution in [0.15, 0.2) is 24.3 Å². The second-order valence-electron chi connectivity index (χ2n) is 5.21. The molecule has 0 radical (unpaired) electrons. The van der Waals surface area contributed by atoms with Crippen LogP contribution in [-0.2, 0) is 9.53 Å². The van der Waals surface area contributed by atoms with Crippen LogP contribution in [0.1, 0.15) is 36.0 Å². The number of anilines is 1. The second-order valence-corrected chi connectivity index (χ2v) is 5.21. The number of nitrogens with two attached hydrogens (primary N) is 1. The first-order valence-electron chi connectivity index (χ1n) is 6.81. The molecule has 1 aliphatic carbocycles. The van der Waals surface area contributed by atoms with Gasteiger partial charge in [-0.05, 0) is 37.1 Å². The molecule has 1 saturated carbocycles. The lowest BCUT2D eigenvalue weighted by Crippen LogP contribution is -2.40. The Bertz CT molecular complexity index is 490. The lowest BCUT2D eigenvalue weighted by atomic mass is 9.85. The molecule has 0 bridgehead atoms. The van der Waals surface area contributed by atoms with E-state index < -0.39 is 11.4 Å². The van der Waals surface area contributed by atoms with Crippen molar-refractivity contribution >= 4 is 17.6 Å². The molecular formula is C15H20N2O3. The quantitative estimate of drug-likeness (QED) is 0.823. The van der Waals surface area contributed by atoms with E-state index in [1.54, 1.807) is 24.3 Å². The summed E-state index contributed by atoms with van der Waals surface area (Å²) in [5.74, 6) is -0.416. The van der Waals surface area contributed by atoms with Gasteiger partial charge in [-0.1, -0.05) is 12.8 Å². The Morgan fingerprint density at radius 1 is 1.25 bits per heavy atom. The minimum absolute atomic E-state index is 0.0247. The fourth-order valence-corrected chi connectivity index (χ4v) is 2.65.